The zero-order chi connectivity index (χ0) is 18.9. The molecule has 6 nitrogen and oxygen atoms in total. The number of piperidine rings is 1. The van der Waals surface area contributed by atoms with Gasteiger partial charge in [-0.05, 0) is 44.4 Å². The van der Waals surface area contributed by atoms with Gasteiger partial charge in [0.25, 0.3) is 0 Å². The summed E-state index contributed by atoms with van der Waals surface area (Å²) in [5.74, 6) is 2.37. The number of nitrogens with zero attached hydrogens (tertiary/aromatic N) is 2. The predicted molar refractivity (Wildman–Crippen MR) is 108 cm³/mol. The molecule has 0 bridgehead atoms. The predicted octanol–water partition coefficient (Wildman–Crippen LogP) is 3.43. The van der Waals surface area contributed by atoms with Crippen LogP contribution in [0.3, 0.4) is 0 Å². The van der Waals surface area contributed by atoms with E-state index in [2.05, 4.69) is 40.0 Å². The normalized spacial score (nSPS) is 15.9. The first-order valence-corrected chi connectivity index (χ1v) is 9.97. The molecule has 0 saturated carbocycles. The summed E-state index contributed by atoms with van der Waals surface area (Å²) >= 11 is 3.61. The Balaban J connectivity index is 2.10. The second-order valence-corrected chi connectivity index (χ2v) is 6.96. The van der Waals surface area contributed by atoms with E-state index in [4.69, 9.17) is 19.2 Å². The van der Waals surface area contributed by atoms with Crippen LogP contribution in [-0.2, 0) is 11.3 Å². The molecule has 1 aromatic carbocycles. The number of hydrogen-bond donors (Lipinski definition) is 1. The van der Waals surface area contributed by atoms with Gasteiger partial charge in [0.1, 0.15) is 0 Å². The van der Waals surface area contributed by atoms with E-state index in [0.29, 0.717) is 24.1 Å². The lowest BCUT2D eigenvalue weighted by Gasteiger charge is -2.34. The minimum Gasteiger partial charge on any atom is -0.493 e. The van der Waals surface area contributed by atoms with Crippen LogP contribution in [0.5, 0.6) is 11.5 Å². The smallest absolute Gasteiger partial charge is 0.194 e. The van der Waals surface area contributed by atoms with Crippen molar-refractivity contribution in [3.63, 3.8) is 0 Å². The van der Waals surface area contributed by atoms with Crippen LogP contribution in [0.15, 0.2) is 21.6 Å². The Morgan fingerprint density at radius 2 is 1.85 bits per heavy atom. The molecule has 1 aliphatic heterocycles. The van der Waals surface area contributed by atoms with Crippen LogP contribution in [0, 0.1) is 0 Å². The largest absolute Gasteiger partial charge is 0.493 e. The van der Waals surface area contributed by atoms with Crippen LogP contribution < -0.4 is 14.8 Å². The topological polar surface area (TPSA) is 55.3 Å². The zero-order valence-corrected chi connectivity index (χ0v) is 17.8. The highest BCUT2D eigenvalue weighted by Gasteiger charge is 2.21. The van der Waals surface area contributed by atoms with Gasteiger partial charge in [-0.2, -0.15) is 0 Å². The highest BCUT2D eigenvalue weighted by atomic mass is 79.9. The number of rotatable bonds is 7. The van der Waals surface area contributed by atoms with Crippen LogP contribution in [0.2, 0.25) is 0 Å². The van der Waals surface area contributed by atoms with Gasteiger partial charge in [0, 0.05) is 30.7 Å². The third-order valence-electron chi connectivity index (χ3n) is 4.43. The van der Waals surface area contributed by atoms with Crippen molar-refractivity contribution in [2.75, 3.05) is 40.5 Å². The molecular weight excluding hydrogens is 398 g/mol. The number of halogens is 1. The molecule has 1 fully saturated rings. The fraction of sp³-hybridized carbons (Fsp3) is 0.632. The molecule has 0 radical (unpaired) electrons. The Kier molecular flexibility index (Phi) is 8.51. The van der Waals surface area contributed by atoms with Gasteiger partial charge in [-0.15, -0.1) is 0 Å². The summed E-state index contributed by atoms with van der Waals surface area (Å²) < 4.78 is 17.4. The van der Waals surface area contributed by atoms with Gasteiger partial charge in [-0.25, -0.2) is 4.99 Å². The van der Waals surface area contributed by atoms with Gasteiger partial charge < -0.3 is 24.4 Å². The molecule has 1 saturated heterocycles. The first kappa shape index (κ1) is 20.8. The van der Waals surface area contributed by atoms with Gasteiger partial charge in [0.15, 0.2) is 17.5 Å². The fourth-order valence-electron chi connectivity index (χ4n) is 3.07. The first-order valence-electron chi connectivity index (χ1n) is 9.18. The lowest BCUT2D eigenvalue weighted by Crippen LogP contribution is -2.47. The van der Waals surface area contributed by atoms with E-state index in [9.17, 15) is 0 Å². The lowest BCUT2D eigenvalue weighted by molar-refractivity contribution is 0.0263. The standard InChI is InChI=1S/C19H30BrN3O3/c1-5-21-19(23-9-7-15(8-10-23)26-6-2)22-13-14-11-17(24-3)18(25-4)12-16(14)20/h11-12,15H,5-10,13H2,1-4H3,(H,21,22). The number of guanidine groups is 1. The van der Waals surface area contributed by atoms with Gasteiger partial charge >= 0.3 is 0 Å². The average Bonchev–Trinajstić information content (AvgIpc) is 2.66. The van der Waals surface area contributed by atoms with Crippen LogP contribution >= 0.6 is 15.9 Å². The number of hydrogen-bond acceptors (Lipinski definition) is 4. The molecule has 0 atom stereocenters. The maximum absolute atomic E-state index is 5.74. The van der Waals surface area contributed by atoms with Crippen LogP contribution in [0.1, 0.15) is 32.3 Å². The van der Waals surface area contributed by atoms with Gasteiger partial charge in [-0.3, -0.25) is 0 Å². The molecule has 0 aliphatic carbocycles. The summed E-state index contributed by atoms with van der Waals surface area (Å²) in [6.45, 7) is 8.26. The van der Waals surface area contributed by atoms with Crippen molar-refractivity contribution in [1.82, 2.24) is 10.2 Å². The maximum atomic E-state index is 5.74. The number of aliphatic imine (C=N–C) groups is 1. The summed E-state index contributed by atoms with van der Waals surface area (Å²) in [5, 5.41) is 3.40. The summed E-state index contributed by atoms with van der Waals surface area (Å²) in [7, 11) is 3.28. The summed E-state index contributed by atoms with van der Waals surface area (Å²) in [6, 6.07) is 3.89. The van der Waals surface area contributed by atoms with Crippen molar-refractivity contribution in [2.45, 2.75) is 39.3 Å². The Morgan fingerprint density at radius 3 is 2.42 bits per heavy atom. The van der Waals surface area contributed by atoms with E-state index in [-0.39, 0.29) is 0 Å². The second-order valence-electron chi connectivity index (χ2n) is 6.11. The molecule has 26 heavy (non-hydrogen) atoms. The quantitative estimate of drug-likeness (QED) is 0.533. The number of nitrogens with one attached hydrogen (secondary N) is 1. The SMILES string of the molecule is CCNC(=NCc1cc(OC)c(OC)cc1Br)N1CCC(OCC)CC1. The average molecular weight is 428 g/mol. The monoisotopic (exact) mass is 427 g/mol. The number of ether oxygens (including phenoxy) is 3. The molecule has 1 aliphatic rings. The van der Waals surface area contributed by atoms with Crippen molar-refractivity contribution in [3.8, 4) is 11.5 Å². The van der Waals surface area contributed by atoms with Crippen LogP contribution in [-0.4, -0.2) is 57.4 Å². The second kappa shape index (κ2) is 10.6. The minimum atomic E-state index is 0.374. The van der Waals surface area contributed by atoms with Crippen molar-refractivity contribution < 1.29 is 14.2 Å². The third-order valence-corrected chi connectivity index (χ3v) is 5.17. The minimum absolute atomic E-state index is 0.374. The van der Waals surface area contributed by atoms with Crippen LogP contribution in [0.25, 0.3) is 0 Å². The van der Waals surface area contributed by atoms with Crippen molar-refractivity contribution >= 4 is 21.9 Å². The van der Waals surface area contributed by atoms with E-state index in [1.54, 1.807) is 14.2 Å². The molecule has 7 heteroatoms. The van der Waals surface area contributed by atoms with E-state index in [1.165, 1.54) is 0 Å². The lowest BCUT2D eigenvalue weighted by atomic mass is 10.1. The van der Waals surface area contributed by atoms with Gasteiger partial charge in [0.2, 0.25) is 0 Å². The van der Waals surface area contributed by atoms with Crippen molar-refractivity contribution in [1.29, 1.82) is 0 Å². The third kappa shape index (κ3) is 5.51. The summed E-state index contributed by atoms with van der Waals surface area (Å²) in [4.78, 5) is 7.15. The zero-order valence-electron chi connectivity index (χ0n) is 16.2. The van der Waals surface area contributed by atoms with E-state index >= 15 is 0 Å². The van der Waals surface area contributed by atoms with E-state index in [0.717, 1.165) is 55.1 Å². The Labute approximate surface area is 165 Å². The van der Waals surface area contributed by atoms with Crippen molar-refractivity contribution in [2.24, 2.45) is 4.99 Å². The summed E-state index contributed by atoms with van der Waals surface area (Å²) in [6.07, 6.45) is 2.45. The maximum Gasteiger partial charge on any atom is 0.194 e. The molecule has 1 heterocycles. The highest BCUT2D eigenvalue weighted by Crippen LogP contribution is 2.33. The van der Waals surface area contributed by atoms with Gasteiger partial charge in [0.05, 0.1) is 26.9 Å². The Hall–Kier alpha value is -1.47. The molecule has 0 spiro atoms. The molecular formula is C19H30BrN3O3. The molecule has 0 unspecified atom stereocenters. The molecule has 0 aromatic heterocycles. The summed E-state index contributed by atoms with van der Waals surface area (Å²) in [5.41, 5.74) is 1.06. The van der Waals surface area contributed by atoms with E-state index in [1.807, 2.05) is 12.1 Å². The molecule has 2 rings (SSSR count). The molecule has 0 amide bonds. The first-order chi connectivity index (χ1) is 12.6. The van der Waals surface area contributed by atoms with Crippen molar-refractivity contribution in [3.05, 3.63) is 22.2 Å². The van der Waals surface area contributed by atoms with Crippen LogP contribution in [0.4, 0.5) is 0 Å². The fourth-order valence-corrected chi connectivity index (χ4v) is 3.52. The Morgan fingerprint density at radius 1 is 1.19 bits per heavy atom. The van der Waals surface area contributed by atoms with Gasteiger partial charge in [-0.1, -0.05) is 15.9 Å². The molecule has 146 valence electrons. The molecule has 1 N–H and O–H groups in total. The number of methoxy groups -OCH3 is 2. The van der Waals surface area contributed by atoms with E-state index < -0.39 is 0 Å². The number of benzene rings is 1. The Bertz CT molecular complexity index is 602. The highest BCUT2D eigenvalue weighted by molar-refractivity contribution is 9.10. The number of likely N-dealkylation sites (tertiary alicyclic amines) is 1. The molecule has 1 aromatic rings.